The summed E-state index contributed by atoms with van der Waals surface area (Å²) in [7, 11) is 0. The van der Waals surface area contributed by atoms with Crippen LogP contribution < -0.4 is 20.1 Å². The molecule has 2 aromatic carbocycles. The first-order chi connectivity index (χ1) is 18.4. The van der Waals surface area contributed by atoms with Gasteiger partial charge in [-0.15, -0.1) is 0 Å². The van der Waals surface area contributed by atoms with Gasteiger partial charge in [-0.3, -0.25) is 0 Å². The van der Waals surface area contributed by atoms with Crippen LogP contribution in [0.4, 0.5) is 21.6 Å². The minimum atomic E-state index is -0.467. The summed E-state index contributed by atoms with van der Waals surface area (Å²) in [6.07, 6.45) is 6.16. The number of hydrogen-bond acceptors (Lipinski definition) is 9. The van der Waals surface area contributed by atoms with E-state index in [-0.39, 0.29) is 18.6 Å². The molecule has 1 aliphatic carbocycles. The van der Waals surface area contributed by atoms with Gasteiger partial charge < -0.3 is 25.2 Å². The van der Waals surface area contributed by atoms with Crippen LogP contribution in [0.1, 0.15) is 35.8 Å². The topological polar surface area (TPSA) is 120 Å². The number of halogens is 1. The average Bonchev–Trinajstić information content (AvgIpc) is 3.27. The Kier molecular flexibility index (Phi) is 6.24. The van der Waals surface area contributed by atoms with Crippen molar-refractivity contribution in [3.8, 4) is 17.2 Å². The van der Waals surface area contributed by atoms with Crippen LogP contribution in [0.3, 0.4) is 0 Å². The van der Waals surface area contributed by atoms with E-state index < -0.39 is 5.82 Å². The molecule has 194 valence electrons. The highest BCUT2D eigenvalue weighted by Crippen LogP contribution is 2.50. The molecule has 1 atom stereocenters. The molecule has 1 fully saturated rings. The third-order valence-corrected chi connectivity index (χ3v) is 7.07. The molecular weight excluding hydrogens is 487 g/mol. The van der Waals surface area contributed by atoms with Crippen molar-refractivity contribution in [2.24, 2.45) is 5.92 Å². The summed E-state index contributed by atoms with van der Waals surface area (Å²) in [5, 5.41) is 9.82. The van der Waals surface area contributed by atoms with Gasteiger partial charge in [0.05, 0.1) is 11.8 Å². The summed E-state index contributed by atoms with van der Waals surface area (Å²) >= 11 is 0. The fourth-order valence-electron chi connectivity index (χ4n) is 5.06. The minimum Gasteiger partial charge on any atom is -0.489 e. The molecule has 3 N–H and O–H groups in total. The quantitative estimate of drug-likeness (QED) is 0.362. The molecule has 1 unspecified atom stereocenters. The molecule has 0 saturated heterocycles. The van der Waals surface area contributed by atoms with Gasteiger partial charge in [-0.2, -0.15) is 0 Å². The Bertz CT molecular complexity index is 1440. The zero-order chi connectivity index (χ0) is 26.2. The Morgan fingerprint density at radius 1 is 1.00 bits per heavy atom. The Labute approximate surface area is 219 Å². The van der Waals surface area contributed by atoms with Crippen LogP contribution in [0.2, 0.25) is 0 Å². The maximum atomic E-state index is 14.3. The fourth-order valence-corrected chi connectivity index (χ4v) is 5.06. The van der Waals surface area contributed by atoms with Crippen molar-refractivity contribution in [2.75, 3.05) is 17.2 Å². The van der Waals surface area contributed by atoms with E-state index in [1.807, 2.05) is 24.3 Å². The molecule has 4 aromatic rings. The highest BCUT2D eigenvalue weighted by Gasteiger charge is 2.42. The fraction of sp³-hybridized carbons (Fsp3) is 0.286. The van der Waals surface area contributed by atoms with Crippen molar-refractivity contribution < 1.29 is 19.0 Å². The molecule has 1 aliphatic heterocycles. The van der Waals surface area contributed by atoms with Crippen LogP contribution in [0.15, 0.2) is 61.2 Å². The molecule has 1 saturated carbocycles. The summed E-state index contributed by atoms with van der Waals surface area (Å²) < 4.78 is 25.9. The number of aliphatic hydroxyl groups is 1. The predicted molar refractivity (Wildman–Crippen MR) is 139 cm³/mol. The van der Waals surface area contributed by atoms with Gasteiger partial charge in [0.2, 0.25) is 0 Å². The van der Waals surface area contributed by atoms with Gasteiger partial charge in [-0.25, -0.2) is 24.3 Å². The van der Waals surface area contributed by atoms with Gasteiger partial charge in [0, 0.05) is 54.3 Å². The predicted octanol–water partition coefficient (Wildman–Crippen LogP) is 4.67. The van der Waals surface area contributed by atoms with Crippen LogP contribution in [-0.4, -0.2) is 37.7 Å². The maximum absolute atomic E-state index is 14.3. The summed E-state index contributed by atoms with van der Waals surface area (Å²) in [6, 6.07) is 11.8. The lowest BCUT2D eigenvalue weighted by atomic mass is 9.73. The van der Waals surface area contributed by atoms with Gasteiger partial charge in [0.1, 0.15) is 47.5 Å². The van der Waals surface area contributed by atoms with Crippen LogP contribution in [0, 0.1) is 18.7 Å². The van der Waals surface area contributed by atoms with Gasteiger partial charge in [0.15, 0.2) is 5.82 Å². The second-order valence-electron chi connectivity index (χ2n) is 9.74. The van der Waals surface area contributed by atoms with Crippen molar-refractivity contribution in [3.05, 3.63) is 84.1 Å². The van der Waals surface area contributed by atoms with E-state index in [1.54, 1.807) is 25.4 Å². The second-order valence-corrected chi connectivity index (χ2v) is 9.74. The third-order valence-electron chi connectivity index (χ3n) is 7.07. The number of aliphatic hydroxyl groups excluding tert-OH is 1. The maximum Gasteiger partial charge on any atom is 0.151 e. The number of rotatable bonds is 7. The molecule has 6 rings (SSSR count). The molecule has 2 aliphatic rings. The molecular formula is C28H27FN6O3. The normalized spacial score (nSPS) is 20.1. The average molecular weight is 515 g/mol. The van der Waals surface area contributed by atoms with Gasteiger partial charge in [0.25, 0.3) is 0 Å². The first-order valence-corrected chi connectivity index (χ1v) is 12.5. The van der Waals surface area contributed by atoms with E-state index >= 15 is 0 Å². The zero-order valence-electron chi connectivity index (χ0n) is 20.8. The van der Waals surface area contributed by atoms with Gasteiger partial charge >= 0.3 is 0 Å². The van der Waals surface area contributed by atoms with Gasteiger partial charge in [-0.05, 0) is 49.9 Å². The van der Waals surface area contributed by atoms with Crippen LogP contribution in [-0.2, 0) is 6.61 Å². The number of aryl methyl sites for hydroxylation is 1. The van der Waals surface area contributed by atoms with E-state index in [2.05, 4.69) is 24.8 Å². The van der Waals surface area contributed by atoms with E-state index in [1.165, 1.54) is 18.5 Å². The standard InChI is InChI=1S/C28H27FN6O3/c1-16-31-11-17(12-32-16)14-37-23-8-19(29)9-24(10-23)38-22-4-2-20(3-5-22)35-13-25(18-6-21(36)7-18)26-27(35)28(30)34-15-33-26/h2-5,8-12,15,18,21,25,36H,6-7,13-14H2,1H3,(H2,30,33,34). The monoisotopic (exact) mass is 514 g/mol. The molecule has 9 nitrogen and oxygen atoms in total. The Morgan fingerprint density at radius 3 is 2.47 bits per heavy atom. The highest BCUT2D eigenvalue weighted by atomic mass is 19.1. The molecule has 2 aromatic heterocycles. The Hall–Kier alpha value is -4.31. The smallest absolute Gasteiger partial charge is 0.151 e. The van der Waals surface area contributed by atoms with Crippen LogP contribution in [0.25, 0.3) is 0 Å². The summed E-state index contributed by atoms with van der Waals surface area (Å²) in [5.74, 6) is 2.40. The van der Waals surface area contributed by atoms with Crippen molar-refractivity contribution in [2.45, 2.75) is 38.4 Å². The molecule has 38 heavy (non-hydrogen) atoms. The zero-order valence-corrected chi connectivity index (χ0v) is 20.8. The molecule has 0 bridgehead atoms. The number of ether oxygens (including phenoxy) is 2. The Morgan fingerprint density at radius 2 is 1.74 bits per heavy atom. The number of benzene rings is 2. The largest absolute Gasteiger partial charge is 0.489 e. The second kappa shape index (κ2) is 9.86. The van der Waals surface area contributed by atoms with Crippen molar-refractivity contribution in [1.82, 2.24) is 19.9 Å². The lowest BCUT2D eigenvalue weighted by Gasteiger charge is -2.35. The number of nitrogens with zero attached hydrogens (tertiary/aromatic N) is 5. The summed E-state index contributed by atoms with van der Waals surface area (Å²) in [6.45, 7) is 2.73. The number of nitrogens with two attached hydrogens (primary N) is 1. The van der Waals surface area contributed by atoms with Crippen LogP contribution in [0.5, 0.6) is 17.2 Å². The number of anilines is 3. The first-order valence-electron chi connectivity index (χ1n) is 12.5. The van der Waals surface area contributed by atoms with Crippen molar-refractivity contribution in [1.29, 1.82) is 0 Å². The van der Waals surface area contributed by atoms with Crippen LogP contribution >= 0.6 is 0 Å². The molecule has 0 radical (unpaired) electrons. The number of fused-ring (bicyclic) bond motifs is 1. The lowest BCUT2D eigenvalue weighted by Crippen LogP contribution is -2.34. The number of hydrogen-bond donors (Lipinski definition) is 2. The van der Waals surface area contributed by atoms with E-state index in [9.17, 15) is 9.50 Å². The van der Waals surface area contributed by atoms with Crippen molar-refractivity contribution >= 4 is 17.2 Å². The number of nitrogen functional groups attached to an aromatic ring is 1. The summed E-state index contributed by atoms with van der Waals surface area (Å²) in [4.78, 5) is 19.1. The number of aromatic nitrogens is 4. The summed E-state index contributed by atoms with van der Waals surface area (Å²) in [5.41, 5.74) is 9.71. The highest BCUT2D eigenvalue weighted by molar-refractivity contribution is 5.78. The van der Waals surface area contributed by atoms with E-state index in [0.717, 1.165) is 35.5 Å². The SMILES string of the molecule is Cc1ncc(COc2cc(F)cc(Oc3ccc(N4CC(C5CC(O)C5)c5ncnc(N)c54)cc3)c2)cn1. The third kappa shape index (κ3) is 4.82. The van der Waals surface area contributed by atoms with Gasteiger partial charge in [-0.1, -0.05) is 0 Å². The van der Waals surface area contributed by atoms with E-state index in [0.29, 0.717) is 41.4 Å². The lowest BCUT2D eigenvalue weighted by molar-refractivity contribution is 0.0319. The van der Waals surface area contributed by atoms with Crippen molar-refractivity contribution in [3.63, 3.8) is 0 Å². The molecule has 0 spiro atoms. The molecule has 0 amide bonds. The first kappa shape index (κ1) is 24.1. The molecule has 10 heteroatoms. The van der Waals surface area contributed by atoms with E-state index in [4.69, 9.17) is 15.2 Å². The minimum absolute atomic E-state index is 0.187. The molecule has 3 heterocycles. The Balaban J connectivity index is 1.17.